The van der Waals surface area contributed by atoms with Gasteiger partial charge in [-0.05, 0) is 23.8 Å². The largest absolute Gasteiger partial charge is 0.504 e. The molecule has 0 aliphatic heterocycles. The highest BCUT2D eigenvalue weighted by Gasteiger charge is 2.11. The van der Waals surface area contributed by atoms with Gasteiger partial charge in [0.15, 0.2) is 11.5 Å². The van der Waals surface area contributed by atoms with Crippen LogP contribution in [0.2, 0.25) is 5.02 Å². The van der Waals surface area contributed by atoms with Gasteiger partial charge >= 0.3 is 5.97 Å². The van der Waals surface area contributed by atoms with Gasteiger partial charge in [-0.2, -0.15) is 5.26 Å². The number of esters is 1. The van der Waals surface area contributed by atoms with Crippen LogP contribution in [0.4, 0.5) is 0 Å². The van der Waals surface area contributed by atoms with E-state index in [0.29, 0.717) is 5.56 Å². The van der Waals surface area contributed by atoms with E-state index in [9.17, 15) is 15.0 Å². The minimum Gasteiger partial charge on any atom is -0.504 e. The maximum Gasteiger partial charge on any atom is 0.348 e. The van der Waals surface area contributed by atoms with Crippen LogP contribution >= 0.6 is 11.6 Å². The molecule has 1 aromatic rings. The summed E-state index contributed by atoms with van der Waals surface area (Å²) in [5.41, 5.74) is 0.0564. The lowest BCUT2D eigenvalue weighted by molar-refractivity contribution is -0.135. The molecule has 0 aliphatic carbocycles. The summed E-state index contributed by atoms with van der Waals surface area (Å²) in [5, 5.41) is 27.2. The second kappa shape index (κ2) is 5.23. The number of hydrogen-bond acceptors (Lipinski definition) is 5. The van der Waals surface area contributed by atoms with E-state index in [4.69, 9.17) is 16.9 Å². The Hall–Kier alpha value is -2.19. The van der Waals surface area contributed by atoms with E-state index in [-0.39, 0.29) is 10.6 Å². The minimum absolute atomic E-state index is 0.0848. The fraction of sp³-hybridized carbons (Fsp3) is 0.0909. The van der Waals surface area contributed by atoms with Gasteiger partial charge in [0.25, 0.3) is 0 Å². The number of aromatic hydroxyl groups is 2. The quantitative estimate of drug-likeness (QED) is 0.363. The zero-order chi connectivity index (χ0) is 13.0. The van der Waals surface area contributed by atoms with Crippen LogP contribution in [-0.4, -0.2) is 23.3 Å². The van der Waals surface area contributed by atoms with Gasteiger partial charge in [-0.1, -0.05) is 11.6 Å². The van der Waals surface area contributed by atoms with E-state index in [1.807, 2.05) is 0 Å². The van der Waals surface area contributed by atoms with Crippen molar-refractivity contribution in [3.05, 3.63) is 28.3 Å². The van der Waals surface area contributed by atoms with E-state index in [2.05, 4.69) is 4.74 Å². The molecule has 0 bridgehead atoms. The number of benzene rings is 1. The molecule has 6 heteroatoms. The molecule has 88 valence electrons. The van der Waals surface area contributed by atoms with E-state index in [1.54, 1.807) is 6.07 Å². The van der Waals surface area contributed by atoms with E-state index in [0.717, 1.165) is 7.11 Å². The van der Waals surface area contributed by atoms with Crippen LogP contribution < -0.4 is 0 Å². The Morgan fingerprint density at radius 3 is 2.65 bits per heavy atom. The molecule has 0 radical (unpaired) electrons. The Balaban J connectivity index is 3.23. The molecule has 0 aliphatic rings. The smallest absolute Gasteiger partial charge is 0.348 e. The summed E-state index contributed by atoms with van der Waals surface area (Å²) < 4.78 is 4.39. The molecule has 1 aromatic carbocycles. The number of rotatable bonds is 2. The van der Waals surface area contributed by atoms with E-state index < -0.39 is 17.5 Å². The number of hydrogen-bond donors (Lipinski definition) is 2. The number of nitriles is 1. The third-order valence-electron chi connectivity index (χ3n) is 1.90. The van der Waals surface area contributed by atoms with Crippen LogP contribution in [0.1, 0.15) is 5.56 Å². The number of nitrogens with zero attached hydrogens (tertiary/aromatic N) is 1. The Kier molecular flexibility index (Phi) is 3.96. The van der Waals surface area contributed by atoms with Crippen LogP contribution in [0.25, 0.3) is 6.08 Å². The van der Waals surface area contributed by atoms with Gasteiger partial charge in [0, 0.05) is 0 Å². The second-order valence-electron chi connectivity index (χ2n) is 3.03. The first kappa shape index (κ1) is 12.9. The summed E-state index contributed by atoms with van der Waals surface area (Å²) in [6, 6.07) is 4.12. The van der Waals surface area contributed by atoms with Crippen LogP contribution in [0.5, 0.6) is 11.5 Å². The van der Waals surface area contributed by atoms with Crippen molar-refractivity contribution in [1.29, 1.82) is 5.26 Å². The average Bonchev–Trinajstić information content (AvgIpc) is 2.31. The maximum absolute atomic E-state index is 11.1. The molecule has 0 saturated carbocycles. The monoisotopic (exact) mass is 253 g/mol. The van der Waals surface area contributed by atoms with Gasteiger partial charge in [-0.15, -0.1) is 0 Å². The predicted molar refractivity (Wildman–Crippen MR) is 60.4 cm³/mol. The molecular formula is C11H8ClNO4. The van der Waals surface area contributed by atoms with Gasteiger partial charge in [0.2, 0.25) is 0 Å². The average molecular weight is 254 g/mol. The van der Waals surface area contributed by atoms with E-state index >= 15 is 0 Å². The van der Waals surface area contributed by atoms with Crippen molar-refractivity contribution < 1.29 is 19.7 Å². The Bertz CT molecular complexity index is 508. The molecule has 0 unspecified atom stereocenters. The number of phenols is 2. The number of halogens is 1. The van der Waals surface area contributed by atoms with Crippen LogP contribution in [0, 0.1) is 11.3 Å². The topological polar surface area (TPSA) is 90.6 Å². The molecule has 0 spiro atoms. The minimum atomic E-state index is -0.795. The third kappa shape index (κ3) is 2.89. The molecule has 2 N–H and O–H groups in total. The maximum atomic E-state index is 11.1. The molecule has 0 saturated heterocycles. The van der Waals surface area contributed by atoms with Gasteiger partial charge in [0.05, 0.1) is 12.1 Å². The van der Waals surface area contributed by atoms with Crippen LogP contribution in [-0.2, 0) is 9.53 Å². The van der Waals surface area contributed by atoms with Gasteiger partial charge < -0.3 is 14.9 Å². The highest BCUT2D eigenvalue weighted by molar-refractivity contribution is 6.32. The van der Waals surface area contributed by atoms with Crippen LogP contribution in [0.3, 0.4) is 0 Å². The summed E-state index contributed by atoms with van der Waals surface area (Å²) in [6.45, 7) is 0. The zero-order valence-corrected chi connectivity index (χ0v) is 9.52. The Morgan fingerprint density at radius 2 is 2.18 bits per heavy atom. The van der Waals surface area contributed by atoms with Crippen molar-refractivity contribution >= 4 is 23.6 Å². The molecule has 5 nitrogen and oxygen atoms in total. The van der Waals surface area contributed by atoms with Crippen molar-refractivity contribution in [2.24, 2.45) is 0 Å². The second-order valence-corrected chi connectivity index (χ2v) is 3.44. The fourth-order valence-corrected chi connectivity index (χ4v) is 1.32. The van der Waals surface area contributed by atoms with Crippen molar-refractivity contribution in [2.45, 2.75) is 0 Å². The molecule has 0 heterocycles. The molecule has 0 atom stereocenters. The molecular weight excluding hydrogens is 246 g/mol. The summed E-state index contributed by atoms with van der Waals surface area (Å²) >= 11 is 5.62. The highest BCUT2D eigenvalue weighted by atomic mass is 35.5. The number of methoxy groups -OCH3 is 1. The lowest BCUT2D eigenvalue weighted by Crippen LogP contribution is -2.02. The summed E-state index contributed by atoms with van der Waals surface area (Å²) in [4.78, 5) is 11.1. The Morgan fingerprint density at radius 1 is 1.53 bits per heavy atom. The van der Waals surface area contributed by atoms with Gasteiger partial charge in [0.1, 0.15) is 11.6 Å². The third-order valence-corrected chi connectivity index (χ3v) is 2.19. The number of carbonyl (C=O) groups is 1. The normalized spacial score (nSPS) is 10.8. The van der Waals surface area contributed by atoms with Crippen LogP contribution in [0.15, 0.2) is 17.7 Å². The zero-order valence-electron chi connectivity index (χ0n) is 8.77. The first-order valence-corrected chi connectivity index (χ1v) is 4.79. The Labute approximate surface area is 102 Å². The summed E-state index contributed by atoms with van der Waals surface area (Å²) in [5.74, 6) is -1.69. The van der Waals surface area contributed by atoms with Gasteiger partial charge in [-0.25, -0.2) is 4.79 Å². The summed E-state index contributed by atoms with van der Waals surface area (Å²) in [7, 11) is 1.15. The molecule has 0 aromatic heterocycles. The standard InChI is InChI=1S/C11H8ClNO4/c1-17-11(16)7(5-13)2-6-3-8(12)10(15)9(14)4-6/h2-4,14-15H,1H3/b7-2+. The molecule has 0 fully saturated rings. The fourth-order valence-electron chi connectivity index (χ4n) is 1.10. The van der Waals surface area contributed by atoms with Crippen molar-refractivity contribution in [1.82, 2.24) is 0 Å². The molecule has 17 heavy (non-hydrogen) atoms. The first-order chi connectivity index (χ1) is 7.99. The number of carbonyl (C=O) groups excluding carboxylic acids is 1. The SMILES string of the molecule is COC(=O)/C(C#N)=C/c1cc(O)c(O)c(Cl)c1. The summed E-state index contributed by atoms with van der Waals surface area (Å²) in [6.07, 6.45) is 1.19. The van der Waals surface area contributed by atoms with Gasteiger partial charge in [-0.3, -0.25) is 0 Å². The van der Waals surface area contributed by atoms with Crippen molar-refractivity contribution in [3.63, 3.8) is 0 Å². The number of ether oxygens (including phenoxy) is 1. The molecule has 1 rings (SSSR count). The lowest BCUT2D eigenvalue weighted by Gasteiger charge is -2.02. The molecule has 0 amide bonds. The first-order valence-electron chi connectivity index (χ1n) is 4.41. The van der Waals surface area contributed by atoms with E-state index in [1.165, 1.54) is 18.2 Å². The number of phenolic OH excluding ortho intramolecular Hbond substituents is 2. The highest BCUT2D eigenvalue weighted by Crippen LogP contribution is 2.34. The van der Waals surface area contributed by atoms with Crippen molar-refractivity contribution in [2.75, 3.05) is 7.11 Å². The predicted octanol–water partition coefficient (Wildman–Crippen LogP) is 1.83. The lowest BCUT2D eigenvalue weighted by atomic mass is 10.1. The van der Waals surface area contributed by atoms with Crippen molar-refractivity contribution in [3.8, 4) is 17.6 Å².